The van der Waals surface area contributed by atoms with Crippen LogP contribution in [-0.4, -0.2) is 10.2 Å². The molecule has 0 spiro atoms. The van der Waals surface area contributed by atoms with E-state index in [0.717, 1.165) is 5.56 Å². The Morgan fingerprint density at radius 1 is 1.62 bits per heavy atom. The third-order valence-corrected chi connectivity index (χ3v) is 1.91. The Morgan fingerprint density at radius 3 is 2.77 bits per heavy atom. The van der Waals surface area contributed by atoms with Crippen molar-refractivity contribution in [1.29, 1.82) is 0 Å². The van der Waals surface area contributed by atoms with Crippen LogP contribution in [0.25, 0.3) is 0 Å². The standard InChI is InChI=1S/C10H10O2S/c1-2-3-7-4-5-8(10(12)13)9(11)6-7/h2,4-6,11H,1,3H2,(H,12,13). The zero-order valence-corrected chi connectivity index (χ0v) is 7.92. The summed E-state index contributed by atoms with van der Waals surface area (Å²) < 4.78 is 0. The molecule has 0 aliphatic carbocycles. The van der Waals surface area contributed by atoms with Gasteiger partial charge in [-0.3, -0.25) is 4.79 Å². The summed E-state index contributed by atoms with van der Waals surface area (Å²) >= 11 is 3.62. The molecular weight excluding hydrogens is 184 g/mol. The van der Waals surface area contributed by atoms with E-state index in [1.165, 1.54) is 0 Å². The molecule has 0 unspecified atom stereocenters. The van der Waals surface area contributed by atoms with Crippen molar-refractivity contribution in [2.24, 2.45) is 0 Å². The fourth-order valence-electron chi connectivity index (χ4n) is 1.05. The molecule has 0 heterocycles. The van der Waals surface area contributed by atoms with Gasteiger partial charge in [0, 0.05) is 0 Å². The van der Waals surface area contributed by atoms with Gasteiger partial charge in [0.25, 0.3) is 0 Å². The van der Waals surface area contributed by atoms with Crippen LogP contribution in [0.5, 0.6) is 5.75 Å². The number of allylic oxidation sites excluding steroid dienone is 1. The number of phenolic OH excluding ortho intramolecular Hbond substituents is 1. The van der Waals surface area contributed by atoms with Gasteiger partial charge in [0.2, 0.25) is 5.12 Å². The minimum Gasteiger partial charge on any atom is -0.507 e. The SMILES string of the molecule is C=CCc1ccc(C(=O)S)c(O)c1. The highest BCUT2D eigenvalue weighted by atomic mass is 32.1. The Balaban J connectivity index is 3.05. The van der Waals surface area contributed by atoms with Crippen molar-refractivity contribution in [1.82, 2.24) is 0 Å². The van der Waals surface area contributed by atoms with Crippen molar-refractivity contribution >= 4 is 17.7 Å². The predicted octanol–water partition coefficient (Wildman–Crippen LogP) is 2.19. The number of aromatic hydroxyl groups is 1. The number of hydrogen-bond donors (Lipinski definition) is 2. The molecule has 1 rings (SSSR count). The number of phenols is 1. The van der Waals surface area contributed by atoms with Crippen LogP contribution in [0, 0.1) is 0 Å². The Hall–Kier alpha value is -1.22. The first kappa shape index (κ1) is 9.86. The molecule has 2 nitrogen and oxygen atoms in total. The van der Waals surface area contributed by atoms with Crippen molar-refractivity contribution in [3.05, 3.63) is 42.0 Å². The Labute approximate surface area is 82.3 Å². The molecule has 0 bridgehead atoms. The molecule has 0 aliphatic heterocycles. The Morgan fingerprint density at radius 2 is 2.31 bits per heavy atom. The zero-order valence-electron chi connectivity index (χ0n) is 7.03. The van der Waals surface area contributed by atoms with E-state index >= 15 is 0 Å². The topological polar surface area (TPSA) is 37.3 Å². The molecule has 68 valence electrons. The second-order valence-electron chi connectivity index (χ2n) is 2.65. The van der Waals surface area contributed by atoms with Crippen molar-refractivity contribution in [2.75, 3.05) is 0 Å². The van der Waals surface area contributed by atoms with E-state index in [-0.39, 0.29) is 11.3 Å². The molecule has 13 heavy (non-hydrogen) atoms. The average molecular weight is 194 g/mol. The Kier molecular flexibility index (Phi) is 3.14. The van der Waals surface area contributed by atoms with Gasteiger partial charge in [0.1, 0.15) is 5.75 Å². The lowest BCUT2D eigenvalue weighted by molar-refractivity contribution is 0.108. The first-order valence-electron chi connectivity index (χ1n) is 3.81. The molecule has 0 saturated carbocycles. The van der Waals surface area contributed by atoms with Crippen molar-refractivity contribution in [3.8, 4) is 5.75 Å². The third-order valence-electron chi connectivity index (χ3n) is 1.67. The number of thiol groups is 1. The molecule has 0 aromatic heterocycles. The van der Waals surface area contributed by atoms with Crippen LogP contribution in [0.1, 0.15) is 15.9 Å². The van der Waals surface area contributed by atoms with Crippen molar-refractivity contribution in [3.63, 3.8) is 0 Å². The maximum Gasteiger partial charge on any atom is 0.220 e. The van der Waals surface area contributed by atoms with E-state index in [1.807, 2.05) is 0 Å². The second kappa shape index (κ2) is 4.14. The maximum atomic E-state index is 10.8. The van der Waals surface area contributed by atoms with E-state index < -0.39 is 5.12 Å². The molecule has 0 saturated heterocycles. The van der Waals surface area contributed by atoms with Crippen LogP contribution in [0.3, 0.4) is 0 Å². The van der Waals surface area contributed by atoms with Gasteiger partial charge in [-0.15, -0.1) is 19.2 Å². The normalized spacial score (nSPS) is 9.62. The minimum atomic E-state index is -0.428. The minimum absolute atomic E-state index is 0.0284. The molecule has 1 N–H and O–H groups in total. The summed E-state index contributed by atoms with van der Waals surface area (Å²) in [5, 5.41) is 8.96. The molecule has 0 amide bonds. The highest BCUT2D eigenvalue weighted by molar-refractivity contribution is 7.97. The lowest BCUT2D eigenvalue weighted by Crippen LogP contribution is -1.91. The zero-order chi connectivity index (χ0) is 9.84. The quantitative estimate of drug-likeness (QED) is 0.571. The van der Waals surface area contributed by atoms with Gasteiger partial charge in [-0.05, 0) is 24.1 Å². The van der Waals surface area contributed by atoms with E-state index in [2.05, 4.69) is 19.2 Å². The van der Waals surface area contributed by atoms with Crippen molar-refractivity contribution in [2.45, 2.75) is 6.42 Å². The highest BCUT2D eigenvalue weighted by Gasteiger charge is 2.06. The molecule has 3 heteroatoms. The van der Waals surface area contributed by atoms with Crippen LogP contribution in [0.4, 0.5) is 0 Å². The molecule has 0 aliphatic rings. The summed E-state index contributed by atoms with van der Waals surface area (Å²) in [4.78, 5) is 10.8. The number of carbonyl (C=O) groups is 1. The van der Waals surface area contributed by atoms with Gasteiger partial charge in [-0.2, -0.15) is 0 Å². The molecular formula is C10H10O2S. The predicted molar refractivity (Wildman–Crippen MR) is 55.3 cm³/mol. The van der Waals surface area contributed by atoms with Crippen molar-refractivity contribution < 1.29 is 9.90 Å². The highest BCUT2D eigenvalue weighted by Crippen LogP contribution is 2.20. The van der Waals surface area contributed by atoms with E-state index in [4.69, 9.17) is 0 Å². The third kappa shape index (κ3) is 2.36. The largest absolute Gasteiger partial charge is 0.507 e. The second-order valence-corrected chi connectivity index (χ2v) is 3.06. The van der Waals surface area contributed by atoms with Gasteiger partial charge in [-0.25, -0.2) is 0 Å². The molecule has 0 fully saturated rings. The summed E-state index contributed by atoms with van der Waals surface area (Å²) in [6.45, 7) is 3.58. The smallest absolute Gasteiger partial charge is 0.220 e. The molecule has 1 aromatic carbocycles. The summed E-state index contributed by atoms with van der Waals surface area (Å²) in [6, 6.07) is 4.87. The van der Waals surface area contributed by atoms with Crippen LogP contribution in [0.2, 0.25) is 0 Å². The number of benzene rings is 1. The fourth-order valence-corrected chi connectivity index (χ4v) is 1.24. The summed E-state index contributed by atoms with van der Waals surface area (Å²) in [5.41, 5.74) is 1.15. The first-order valence-corrected chi connectivity index (χ1v) is 4.26. The van der Waals surface area contributed by atoms with Crippen LogP contribution in [0.15, 0.2) is 30.9 Å². The maximum absolute atomic E-state index is 10.8. The van der Waals surface area contributed by atoms with E-state index in [0.29, 0.717) is 6.42 Å². The lowest BCUT2D eigenvalue weighted by atomic mass is 10.1. The summed E-state index contributed by atoms with van der Waals surface area (Å²) in [5.74, 6) is -0.0284. The fraction of sp³-hybridized carbons (Fsp3) is 0.100. The first-order chi connectivity index (χ1) is 6.15. The average Bonchev–Trinajstić information content (AvgIpc) is 2.04. The molecule has 0 radical (unpaired) electrons. The van der Waals surface area contributed by atoms with Gasteiger partial charge in [0.15, 0.2) is 0 Å². The monoisotopic (exact) mass is 194 g/mol. The van der Waals surface area contributed by atoms with Crippen LogP contribution in [-0.2, 0) is 6.42 Å². The van der Waals surface area contributed by atoms with E-state index in [1.54, 1.807) is 24.3 Å². The van der Waals surface area contributed by atoms with Gasteiger partial charge < -0.3 is 5.11 Å². The van der Waals surface area contributed by atoms with Crippen LogP contribution < -0.4 is 0 Å². The summed E-state index contributed by atoms with van der Waals surface area (Å²) in [7, 11) is 0. The Bertz CT molecular complexity index is 345. The van der Waals surface area contributed by atoms with Gasteiger partial charge in [-0.1, -0.05) is 12.1 Å². The number of carbonyl (C=O) groups excluding carboxylic acids is 1. The van der Waals surface area contributed by atoms with Gasteiger partial charge in [0.05, 0.1) is 5.56 Å². The summed E-state index contributed by atoms with van der Waals surface area (Å²) in [6.07, 6.45) is 2.41. The van der Waals surface area contributed by atoms with Gasteiger partial charge >= 0.3 is 0 Å². The number of rotatable bonds is 3. The lowest BCUT2D eigenvalue weighted by Gasteiger charge is -2.01. The molecule has 0 atom stereocenters. The number of hydrogen-bond acceptors (Lipinski definition) is 2. The molecule has 1 aromatic rings. The van der Waals surface area contributed by atoms with Crippen LogP contribution >= 0.6 is 12.6 Å². The van der Waals surface area contributed by atoms with E-state index in [9.17, 15) is 9.90 Å².